The quantitative estimate of drug-likeness (QED) is 0.505. The predicted molar refractivity (Wildman–Crippen MR) is 93.1 cm³/mol. The highest BCUT2D eigenvalue weighted by molar-refractivity contribution is 7.71. The van der Waals surface area contributed by atoms with E-state index in [9.17, 15) is 0 Å². The van der Waals surface area contributed by atoms with E-state index in [1.165, 1.54) is 10.6 Å². The first-order chi connectivity index (χ1) is 10.4. The number of rotatable bonds is 4. The minimum absolute atomic E-state index is 0.705. The minimum atomic E-state index is -0.705. The van der Waals surface area contributed by atoms with Crippen LogP contribution in [0.3, 0.4) is 0 Å². The van der Waals surface area contributed by atoms with Crippen LogP contribution in [0.4, 0.5) is 0 Å². The molecule has 3 aromatic rings. The van der Waals surface area contributed by atoms with E-state index in [4.69, 9.17) is 4.76 Å². The van der Waals surface area contributed by atoms with Gasteiger partial charge in [-0.2, -0.15) is 0 Å². The first-order valence-corrected chi connectivity index (χ1v) is 8.22. The van der Waals surface area contributed by atoms with E-state index < -0.39 is 8.07 Å². The van der Waals surface area contributed by atoms with Crippen LogP contribution in [0.1, 0.15) is 5.56 Å². The fourth-order valence-electron chi connectivity index (χ4n) is 2.08. The van der Waals surface area contributed by atoms with Crippen LogP contribution < -0.4 is 10.6 Å². The molecule has 0 amide bonds. The Kier molecular flexibility index (Phi) is 4.55. The summed E-state index contributed by atoms with van der Waals surface area (Å²) in [7, 11) is -0.705. The zero-order valence-electron chi connectivity index (χ0n) is 11.6. The number of hydrogen-bond donors (Lipinski definition) is 0. The SMILES string of the molecule is C(=N\P(c1ccccc1)c1ccccc1)/c1ccccc1. The van der Waals surface area contributed by atoms with Crippen LogP contribution >= 0.6 is 8.07 Å². The molecule has 0 spiro atoms. The Labute approximate surface area is 126 Å². The van der Waals surface area contributed by atoms with E-state index in [-0.39, 0.29) is 0 Å². The van der Waals surface area contributed by atoms with Gasteiger partial charge in [0.1, 0.15) is 0 Å². The topological polar surface area (TPSA) is 12.4 Å². The van der Waals surface area contributed by atoms with E-state index in [0.29, 0.717) is 0 Å². The Hall–Kier alpha value is -2.24. The molecule has 0 atom stereocenters. The molecule has 1 nitrogen and oxygen atoms in total. The van der Waals surface area contributed by atoms with Gasteiger partial charge in [-0.15, -0.1) is 0 Å². The predicted octanol–water partition coefficient (Wildman–Crippen LogP) is 4.15. The van der Waals surface area contributed by atoms with E-state index in [0.717, 1.165) is 5.56 Å². The maximum absolute atomic E-state index is 4.87. The lowest BCUT2D eigenvalue weighted by Crippen LogP contribution is -2.09. The Morgan fingerprint density at radius 3 is 1.48 bits per heavy atom. The summed E-state index contributed by atoms with van der Waals surface area (Å²) in [5, 5.41) is 2.54. The summed E-state index contributed by atoms with van der Waals surface area (Å²) in [5.74, 6) is 0. The van der Waals surface area contributed by atoms with Gasteiger partial charge in [0.05, 0.1) is 8.07 Å². The zero-order chi connectivity index (χ0) is 14.3. The molecule has 0 heterocycles. The largest absolute Gasteiger partial charge is 0.259 e. The van der Waals surface area contributed by atoms with Crippen molar-refractivity contribution in [2.24, 2.45) is 4.76 Å². The van der Waals surface area contributed by atoms with Crippen molar-refractivity contribution in [2.45, 2.75) is 0 Å². The molecular formula is C19H16NP. The lowest BCUT2D eigenvalue weighted by atomic mass is 10.2. The molecule has 0 N–H and O–H groups in total. The van der Waals surface area contributed by atoms with Gasteiger partial charge in [-0.05, 0) is 5.56 Å². The molecule has 0 aromatic heterocycles. The third-order valence-electron chi connectivity index (χ3n) is 3.12. The molecular weight excluding hydrogens is 273 g/mol. The van der Waals surface area contributed by atoms with Crippen LogP contribution in [-0.2, 0) is 0 Å². The van der Waals surface area contributed by atoms with Crippen molar-refractivity contribution >= 4 is 24.9 Å². The third-order valence-corrected chi connectivity index (χ3v) is 5.04. The van der Waals surface area contributed by atoms with Crippen molar-refractivity contribution in [1.82, 2.24) is 0 Å². The highest BCUT2D eigenvalue weighted by Gasteiger charge is 2.11. The second kappa shape index (κ2) is 6.97. The number of hydrogen-bond acceptors (Lipinski definition) is 1. The summed E-state index contributed by atoms with van der Waals surface area (Å²) >= 11 is 0. The molecule has 0 saturated carbocycles. The Morgan fingerprint density at radius 1 is 0.571 bits per heavy atom. The molecule has 3 aromatic carbocycles. The first-order valence-electron chi connectivity index (χ1n) is 6.93. The van der Waals surface area contributed by atoms with Crippen molar-refractivity contribution in [3.05, 3.63) is 96.6 Å². The molecule has 0 unspecified atom stereocenters. The fourth-order valence-corrected chi connectivity index (χ4v) is 3.81. The summed E-state index contributed by atoms with van der Waals surface area (Å²) in [5.41, 5.74) is 1.14. The van der Waals surface area contributed by atoms with Crippen LogP contribution in [0.15, 0.2) is 95.8 Å². The first kappa shape index (κ1) is 13.7. The third kappa shape index (κ3) is 3.65. The molecule has 102 valence electrons. The molecule has 2 heteroatoms. The molecule has 0 fully saturated rings. The van der Waals surface area contributed by atoms with Gasteiger partial charge in [0, 0.05) is 16.8 Å². The summed E-state index contributed by atoms with van der Waals surface area (Å²) in [6, 6.07) is 31.3. The monoisotopic (exact) mass is 289 g/mol. The van der Waals surface area contributed by atoms with Gasteiger partial charge in [-0.3, -0.25) is 4.76 Å². The average molecular weight is 289 g/mol. The molecule has 0 saturated heterocycles. The van der Waals surface area contributed by atoms with Crippen molar-refractivity contribution in [2.75, 3.05) is 0 Å². The van der Waals surface area contributed by atoms with E-state index >= 15 is 0 Å². The van der Waals surface area contributed by atoms with Crippen LogP contribution in [0.5, 0.6) is 0 Å². The lowest BCUT2D eigenvalue weighted by molar-refractivity contribution is 1.66. The molecule has 21 heavy (non-hydrogen) atoms. The standard InChI is InChI=1S/C19H16NP/c1-4-10-17(11-5-1)16-20-21(18-12-6-2-7-13-18)19-14-8-3-9-15-19/h1-16H/b20-16+. The van der Waals surface area contributed by atoms with Crippen molar-refractivity contribution in [1.29, 1.82) is 0 Å². The maximum atomic E-state index is 4.87. The molecule has 0 aliphatic heterocycles. The highest BCUT2D eigenvalue weighted by atomic mass is 31.1. The molecule has 0 radical (unpaired) electrons. The smallest absolute Gasteiger partial charge is 0.0780 e. The molecule has 0 aliphatic carbocycles. The average Bonchev–Trinajstić information content (AvgIpc) is 2.58. The highest BCUT2D eigenvalue weighted by Crippen LogP contribution is 2.34. The fraction of sp³-hybridized carbons (Fsp3) is 0. The van der Waals surface area contributed by atoms with Crippen LogP contribution in [0.25, 0.3) is 0 Å². The summed E-state index contributed by atoms with van der Waals surface area (Å²) in [6.07, 6.45) is 1.98. The van der Waals surface area contributed by atoms with Gasteiger partial charge in [0.25, 0.3) is 0 Å². The van der Waals surface area contributed by atoms with Gasteiger partial charge in [0.15, 0.2) is 0 Å². The van der Waals surface area contributed by atoms with Gasteiger partial charge in [-0.25, -0.2) is 0 Å². The lowest BCUT2D eigenvalue weighted by Gasteiger charge is -2.13. The van der Waals surface area contributed by atoms with E-state index in [1.54, 1.807) is 0 Å². The Bertz CT molecular complexity index is 654. The molecule has 0 bridgehead atoms. The van der Waals surface area contributed by atoms with Gasteiger partial charge < -0.3 is 0 Å². The van der Waals surface area contributed by atoms with Gasteiger partial charge in [0.2, 0.25) is 0 Å². The Balaban J connectivity index is 1.96. The van der Waals surface area contributed by atoms with Crippen molar-refractivity contribution in [3.63, 3.8) is 0 Å². The zero-order valence-corrected chi connectivity index (χ0v) is 12.5. The van der Waals surface area contributed by atoms with Crippen molar-refractivity contribution in [3.8, 4) is 0 Å². The van der Waals surface area contributed by atoms with Gasteiger partial charge in [-0.1, -0.05) is 91.0 Å². The number of benzene rings is 3. The minimum Gasteiger partial charge on any atom is -0.259 e. The second-order valence-corrected chi connectivity index (χ2v) is 6.53. The van der Waals surface area contributed by atoms with Crippen molar-refractivity contribution < 1.29 is 0 Å². The summed E-state index contributed by atoms with van der Waals surface area (Å²) in [4.78, 5) is 0. The summed E-state index contributed by atoms with van der Waals surface area (Å²) < 4.78 is 4.87. The van der Waals surface area contributed by atoms with Crippen LogP contribution in [0.2, 0.25) is 0 Å². The van der Waals surface area contributed by atoms with Gasteiger partial charge >= 0.3 is 0 Å². The molecule has 3 rings (SSSR count). The summed E-state index contributed by atoms with van der Waals surface area (Å²) in [6.45, 7) is 0. The second-order valence-electron chi connectivity index (χ2n) is 4.64. The molecule has 0 aliphatic rings. The van der Waals surface area contributed by atoms with E-state index in [1.807, 2.05) is 36.5 Å². The maximum Gasteiger partial charge on any atom is 0.0780 e. The van der Waals surface area contributed by atoms with E-state index in [2.05, 4.69) is 60.7 Å². The normalized spacial score (nSPS) is 11.1. The van der Waals surface area contributed by atoms with Crippen LogP contribution in [0, 0.1) is 0 Å². The van der Waals surface area contributed by atoms with Crippen LogP contribution in [-0.4, -0.2) is 6.21 Å². The number of nitrogens with zero attached hydrogens (tertiary/aromatic N) is 1. The Morgan fingerprint density at radius 2 is 1.00 bits per heavy atom.